The molecule has 0 bridgehead atoms. The van der Waals surface area contributed by atoms with Crippen LogP contribution in [0.5, 0.6) is 0 Å². The van der Waals surface area contributed by atoms with Crippen molar-refractivity contribution in [2.75, 3.05) is 19.7 Å². The second kappa shape index (κ2) is 7.89. The van der Waals surface area contributed by atoms with Crippen LogP contribution in [0.4, 0.5) is 0 Å². The van der Waals surface area contributed by atoms with Crippen molar-refractivity contribution in [2.45, 2.75) is 31.8 Å². The van der Waals surface area contributed by atoms with Gasteiger partial charge in [-0.05, 0) is 30.5 Å². The van der Waals surface area contributed by atoms with Crippen LogP contribution in [0.1, 0.15) is 24.8 Å². The Morgan fingerprint density at radius 2 is 2.24 bits per heavy atom. The van der Waals surface area contributed by atoms with Crippen molar-refractivity contribution < 1.29 is 19.4 Å². The van der Waals surface area contributed by atoms with Crippen LogP contribution in [0.25, 0.3) is 10.9 Å². The van der Waals surface area contributed by atoms with Gasteiger partial charge < -0.3 is 19.7 Å². The standard InChI is InChI=1S/C18H21ClN2O4/c19-13-3-4-15-12(10-20-16(15)9-13)8-17(22)21(6-5-18(23)24)11-14-2-1-7-25-14/h3-4,9-10,14,20H,1-2,5-8,11H2,(H,23,24)/t14-/m1/s1. The fourth-order valence-corrected chi connectivity index (χ4v) is 3.33. The molecule has 1 amide bonds. The Morgan fingerprint density at radius 3 is 2.96 bits per heavy atom. The van der Waals surface area contributed by atoms with Gasteiger partial charge in [0.05, 0.1) is 18.9 Å². The molecule has 25 heavy (non-hydrogen) atoms. The van der Waals surface area contributed by atoms with Crippen molar-refractivity contribution in [3.8, 4) is 0 Å². The monoisotopic (exact) mass is 364 g/mol. The number of hydrogen-bond acceptors (Lipinski definition) is 3. The number of nitrogens with one attached hydrogen (secondary N) is 1. The molecule has 1 aromatic heterocycles. The Morgan fingerprint density at radius 1 is 1.40 bits per heavy atom. The number of carboxylic acids is 1. The number of fused-ring (bicyclic) bond motifs is 1. The third kappa shape index (κ3) is 4.52. The average molecular weight is 365 g/mol. The molecule has 1 aliphatic heterocycles. The zero-order chi connectivity index (χ0) is 17.8. The molecule has 2 heterocycles. The second-order valence-electron chi connectivity index (χ2n) is 6.30. The largest absolute Gasteiger partial charge is 0.481 e. The minimum absolute atomic E-state index is 0.000444. The maximum atomic E-state index is 12.8. The van der Waals surface area contributed by atoms with Gasteiger partial charge in [0.25, 0.3) is 0 Å². The third-order valence-electron chi connectivity index (χ3n) is 4.47. The first kappa shape index (κ1) is 17.8. The molecule has 0 spiro atoms. The maximum Gasteiger partial charge on any atom is 0.305 e. The van der Waals surface area contributed by atoms with Crippen molar-refractivity contribution in [3.05, 3.63) is 35.0 Å². The molecule has 1 saturated heterocycles. The topological polar surface area (TPSA) is 82.6 Å². The number of H-pyrrole nitrogens is 1. The SMILES string of the molecule is O=C(O)CCN(C[C@H]1CCCO1)C(=O)Cc1c[nH]c2cc(Cl)ccc12. The van der Waals surface area contributed by atoms with Crippen molar-refractivity contribution in [2.24, 2.45) is 0 Å². The van der Waals surface area contributed by atoms with Gasteiger partial charge in [-0.3, -0.25) is 9.59 Å². The van der Waals surface area contributed by atoms with E-state index in [1.54, 1.807) is 17.2 Å². The van der Waals surface area contributed by atoms with Gasteiger partial charge in [0.2, 0.25) is 5.91 Å². The molecule has 2 aromatic rings. The van der Waals surface area contributed by atoms with Crippen molar-refractivity contribution in [1.29, 1.82) is 0 Å². The first-order valence-corrected chi connectivity index (χ1v) is 8.77. The fourth-order valence-electron chi connectivity index (χ4n) is 3.16. The number of amides is 1. The molecule has 0 radical (unpaired) electrons. The minimum atomic E-state index is -0.910. The summed E-state index contributed by atoms with van der Waals surface area (Å²) < 4.78 is 5.60. The number of aromatic nitrogens is 1. The van der Waals surface area contributed by atoms with E-state index in [2.05, 4.69) is 4.98 Å². The molecule has 0 aliphatic carbocycles. The molecule has 0 saturated carbocycles. The highest BCUT2D eigenvalue weighted by atomic mass is 35.5. The highest BCUT2D eigenvalue weighted by molar-refractivity contribution is 6.31. The summed E-state index contributed by atoms with van der Waals surface area (Å²) in [5.41, 5.74) is 1.76. The summed E-state index contributed by atoms with van der Waals surface area (Å²) in [5, 5.41) is 10.5. The molecule has 1 aliphatic rings. The van der Waals surface area contributed by atoms with E-state index in [-0.39, 0.29) is 31.4 Å². The van der Waals surface area contributed by atoms with Crippen molar-refractivity contribution in [3.63, 3.8) is 0 Å². The summed E-state index contributed by atoms with van der Waals surface area (Å²) in [6.07, 6.45) is 3.84. The lowest BCUT2D eigenvalue weighted by Crippen LogP contribution is -2.39. The molecule has 2 N–H and O–H groups in total. The van der Waals surface area contributed by atoms with Gasteiger partial charge in [0.1, 0.15) is 0 Å². The number of hydrogen-bond donors (Lipinski definition) is 2. The summed E-state index contributed by atoms with van der Waals surface area (Å²) in [4.78, 5) is 28.4. The van der Waals surface area contributed by atoms with E-state index >= 15 is 0 Å². The van der Waals surface area contributed by atoms with E-state index in [0.29, 0.717) is 18.2 Å². The van der Waals surface area contributed by atoms with Gasteiger partial charge in [0, 0.05) is 41.8 Å². The van der Waals surface area contributed by atoms with Gasteiger partial charge in [-0.2, -0.15) is 0 Å². The highest BCUT2D eigenvalue weighted by Crippen LogP contribution is 2.23. The van der Waals surface area contributed by atoms with Gasteiger partial charge in [-0.25, -0.2) is 0 Å². The smallest absolute Gasteiger partial charge is 0.305 e. The Balaban J connectivity index is 1.72. The molecule has 0 unspecified atom stereocenters. The van der Waals surface area contributed by atoms with Crippen LogP contribution in [0.3, 0.4) is 0 Å². The average Bonchev–Trinajstić information content (AvgIpc) is 3.21. The van der Waals surface area contributed by atoms with Crippen LogP contribution < -0.4 is 0 Å². The third-order valence-corrected chi connectivity index (χ3v) is 4.70. The molecule has 1 atom stereocenters. The molecule has 7 heteroatoms. The van der Waals surface area contributed by atoms with E-state index in [1.807, 2.05) is 12.1 Å². The lowest BCUT2D eigenvalue weighted by atomic mass is 10.1. The quantitative estimate of drug-likeness (QED) is 0.791. The Kier molecular flexibility index (Phi) is 5.60. The van der Waals surface area contributed by atoms with Gasteiger partial charge >= 0.3 is 5.97 Å². The number of benzene rings is 1. The normalized spacial score (nSPS) is 17.1. The predicted octanol–water partition coefficient (Wildman–Crippen LogP) is 2.85. The highest BCUT2D eigenvalue weighted by Gasteiger charge is 2.23. The number of carbonyl (C=O) groups excluding carboxylic acids is 1. The van der Waals surface area contributed by atoms with Crippen molar-refractivity contribution >= 4 is 34.4 Å². The number of carbonyl (C=O) groups is 2. The van der Waals surface area contributed by atoms with Crippen molar-refractivity contribution in [1.82, 2.24) is 9.88 Å². The molecular formula is C18H21ClN2O4. The molecule has 6 nitrogen and oxygen atoms in total. The number of halogens is 1. The number of nitrogens with zero attached hydrogens (tertiary/aromatic N) is 1. The number of rotatable bonds is 7. The maximum absolute atomic E-state index is 12.8. The Labute approximate surface area is 150 Å². The zero-order valence-corrected chi connectivity index (χ0v) is 14.6. The molecule has 3 rings (SSSR count). The molecule has 1 fully saturated rings. The number of ether oxygens (including phenoxy) is 1. The molecular weight excluding hydrogens is 344 g/mol. The van der Waals surface area contributed by atoms with Gasteiger partial charge in [0.15, 0.2) is 0 Å². The second-order valence-corrected chi connectivity index (χ2v) is 6.74. The lowest BCUT2D eigenvalue weighted by molar-refractivity contribution is -0.139. The summed E-state index contributed by atoms with van der Waals surface area (Å²) >= 11 is 5.99. The van der Waals surface area contributed by atoms with Crippen LogP contribution >= 0.6 is 11.6 Å². The Bertz CT molecular complexity index is 768. The van der Waals surface area contributed by atoms with Crippen LogP contribution in [0.2, 0.25) is 5.02 Å². The number of carboxylic acid groups (broad SMARTS) is 1. The van der Waals surface area contributed by atoms with Crippen LogP contribution in [0, 0.1) is 0 Å². The number of aliphatic carboxylic acids is 1. The summed E-state index contributed by atoms with van der Waals surface area (Å²) in [6.45, 7) is 1.34. The van der Waals surface area contributed by atoms with Crippen LogP contribution in [-0.2, 0) is 20.7 Å². The van der Waals surface area contributed by atoms with E-state index in [4.69, 9.17) is 21.4 Å². The van der Waals surface area contributed by atoms with E-state index in [9.17, 15) is 9.59 Å². The minimum Gasteiger partial charge on any atom is -0.481 e. The lowest BCUT2D eigenvalue weighted by Gasteiger charge is -2.25. The van der Waals surface area contributed by atoms with Crippen LogP contribution in [0.15, 0.2) is 24.4 Å². The predicted molar refractivity (Wildman–Crippen MR) is 94.8 cm³/mol. The summed E-state index contributed by atoms with van der Waals surface area (Å²) in [6, 6.07) is 5.50. The van der Waals surface area contributed by atoms with E-state index < -0.39 is 5.97 Å². The fraction of sp³-hybridized carbons (Fsp3) is 0.444. The van der Waals surface area contributed by atoms with Crippen LogP contribution in [-0.4, -0.2) is 52.7 Å². The summed E-state index contributed by atoms with van der Waals surface area (Å²) in [7, 11) is 0. The van der Waals surface area contributed by atoms with Gasteiger partial charge in [-0.15, -0.1) is 0 Å². The van der Waals surface area contributed by atoms with Gasteiger partial charge in [-0.1, -0.05) is 17.7 Å². The molecule has 1 aromatic carbocycles. The number of aromatic amines is 1. The first-order chi connectivity index (χ1) is 12.0. The zero-order valence-electron chi connectivity index (χ0n) is 13.8. The first-order valence-electron chi connectivity index (χ1n) is 8.39. The van der Waals surface area contributed by atoms with E-state index in [1.165, 1.54) is 0 Å². The van der Waals surface area contributed by atoms with E-state index in [0.717, 1.165) is 29.3 Å². The Hall–Kier alpha value is -2.05. The summed E-state index contributed by atoms with van der Waals surface area (Å²) in [5.74, 6) is -1.00. The molecule has 134 valence electrons.